The van der Waals surface area contributed by atoms with Crippen molar-refractivity contribution in [1.29, 1.82) is 0 Å². The zero-order chi connectivity index (χ0) is 17.8. The lowest BCUT2D eigenvalue weighted by Gasteiger charge is -2.26. The lowest BCUT2D eigenvalue weighted by molar-refractivity contribution is -0.131. The molecule has 0 unspecified atom stereocenters. The van der Waals surface area contributed by atoms with Gasteiger partial charge in [0, 0.05) is 24.7 Å². The third-order valence-corrected chi connectivity index (χ3v) is 5.71. The molecule has 2 aliphatic rings. The highest BCUT2D eigenvalue weighted by Crippen LogP contribution is 2.24. The van der Waals surface area contributed by atoms with Gasteiger partial charge in [0.25, 0.3) is 0 Å². The van der Waals surface area contributed by atoms with Crippen molar-refractivity contribution in [1.82, 2.24) is 9.80 Å². The van der Waals surface area contributed by atoms with Crippen LogP contribution in [0.2, 0.25) is 0 Å². The Morgan fingerprint density at radius 1 is 1.24 bits per heavy atom. The monoisotopic (exact) mass is 343 g/mol. The topological polar surface area (TPSA) is 66.6 Å². The molecule has 0 aromatic heterocycles. The molecule has 136 valence electrons. The molecule has 5 heteroatoms. The zero-order valence-electron chi connectivity index (χ0n) is 15.1. The third-order valence-electron chi connectivity index (χ3n) is 5.71. The molecule has 1 heterocycles. The second-order valence-electron chi connectivity index (χ2n) is 7.62. The fraction of sp³-hybridized carbons (Fsp3) is 0.600. The summed E-state index contributed by atoms with van der Waals surface area (Å²) >= 11 is 0. The second-order valence-corrected chi connectivity index (χ2v) is 7.62. The van der Waals surface area contributed by atoms with Crippen molar-refractivity contribution in [2.24, 2.45) is 11.7 Å². The standard InChI is InChI=1S/C20H29N3O2/c1-22(18-7-2-3-8-18)14-19(24)23-10-9-16(13-23)11-15-5-4-6-17(12-15)20(21)25/h4-6,12,16,18H,2-3,7-11,13-14H2,1H3,(H2,21,25)/t16-/m0/s1. The molecule has 0 spiro atoms. The number of carbonyl (C=O) groups excluding carboxylic acids is 2. The van der Waals surface area contributed by atoms with Crippen LogP contribution in [0.5, 0.6) is 0 Å². The van der Waals surface area contributed by atoms with E-state index in [1.165, 1.54) is 25.7 Å². The van der Waals surface area contributed by atoms with E-state index in [1.54, 1.807) is 6.07 Å². The van der Waals surface area contributed by atoms with Crippen LogP contribution in [0.4, 0.5) is 0 Å². The Morgan fingerprint density at radius 2 is 2.00 bits per heavy atom. The number of likely N-dealkylation sites (tertiary alicyclic amines) is 1. The molecule has 1 aromatic rings. The smallest absolute Gasteiger partial charge is 0.248 e. The molecule has 1 aliphatic carbocycles. The van der Waals surface area contributed by atoms with Crippen LogP contribution < -0.4 is 5.73 Å². The quantitative estimate of drug-likeness (QED) is 0.860. The van der Waals surface area contributed by atoms with Gasteiger partial charge >= 0.3 is 0 Å². The molecule has 0 bridgehead atoms. The van der Waals surface area contributed by atoms with E-state index in [0.717, 1.165) is 31.5 Å². The molecule has 5 nitrogen and oxygen atoms in total. The average molecular weight is 343 g/mol. The molecule has 3 rings (SSSR count). The van der Waals surface area contributed by atoms with E-state index in [0.29, 0.717) is 24.1 Å². The zero-order valence-corrected chi connectivity index (χ0v) is 15.1. The minimum Gasteiger partial charge on any atom is -0.366 e. The summed E-state index contributed by atoms with van der Waals surface area (Å²) in [5.74, 6) is 0.326. The predicted octanol–water partition coefficient (Wildman–Crippen LogP) is 2.05. The van der Waals surface area contributed by atoms with Crippen molar-refractivity contribution >= 4 is 11.8 Å². The van der Waals surface area contributed by atoms with Crippen LogP contribution in [-0.2, 0) is 11.2 Å². The maximum Gasteiger partial charge on any atom is 0.248 e. The van der Waals surface area contributed by atoms with Crippen molar-refractivity contribution < 1.29 is 9.59 Å². The number of nitrogens with two attached hydrogens (primary N) is 1. The Labute approximate surface area is 150 Å². The Hall–Kier alpha value is -1.88. The molecule has 1 atom stereocenters. The largest absolute Gasteiger partial charge is 0.366 e. The van der Waals surface area contributed by atoms with E-state index in [4.69, 9.17) is 5.73 Å². The van der Waals surface area contributed by atoms with Crippen molar-refractivity contribution in [2.75, 3.05) is 26.7 Å². The average Bonchev–Trinajstić information content (AvgIpc) is 3.27. The van der Waals surface area contributed by atoms with E-state index in [-0.39, 0.29) is 11.8 Å². The molecule has 2 fully saturated rings. The maximum atomic E-state index is 12.6. The first-order valence-corrected chi connectivity index (χ1v) is 9.39. The number of amides is 2. The molecular weight excluding hydrogens is 314 g/mol. The van der Waals surface area contributed by atoms with Crippen molar-refractivity contribution in [3.63, 3.8) is 0 Å². The molecule has 1 aliphatic heterocycles. The first kappa shape index (κ1) is 17.9. The van der Waals surface area contributed by atoms with Crippen LogP contribution in [0, 0.1) is 5.92 Å². The Morgan fingerprint density at radius 3 is 2.72 bits per heavy atom. The van der Waals surface area contributed by atoms with Gasteiger partial charge in [-0.3, -0.25) is 14.5 Å². The van der Waals surface area contributed by atoms with Gasteiger partial charge in [-0.1, -0.05) is 25.0 Å². The molecule has 2 amide bonds. The van der Waals surface area contributed by atoms with Crippen LogP contribution in [0.15, 0.2) is 24.3 Å². The van der Waals surface area contributed by atoms with Crippen LogP contribution in [0.1, 0.15) is 48.0 Å². The predicted molar refractivity (Wildman–Crippen MR) is 98.2 cm³/mol. The van der Waals surface area contributed by atoms with Gasteiger partial charge in [-0.2, -0.15) is 0 Å². The minimum absolute atomic E-state index is 0.253. The molecule has 0 radical (unpaired) electrons. The van der Waals surface area contributed by atoms with E-state index < -0.39 is 0 Å². The summed E-state index contributed by atoms with van der Waals surface area (Å²) in [4.78, 5) is 28.1. The highest BCUT2D eigenvalue weighted by Gasteiger charge is 2.28. The lowest BCUT2D eigenvalue weighted by atomic mass is 9.97. The van der Waals surface area contributed by atoms with Crippen molar-refractivity contribution in [2.45, 2.75) is 44.6 Å². The SMILES string of the molecule is CN(CC(=O)N1CC[C@@H](Cc2cccc(C(N)=O)c2)C1)C1CCCC1. The van der Waals surface area contributed by atoms with E-state index >= 15 is 0 Å². The summed E-state index contributed by atoms with van der Waals surface area (Å²) in [6.45, 7) is 2.20. The van der Waals surface area contributed by atoms with E-state index in [1.807, 2.05) is 23.1 Å². The van der Waals surface area contributed by atoms with Crippen LogP contribution in [0.25, 0.3) is 0 Å². The second kappa shape index (κ2) is 8.00. The van der Waals surface area contributed by atoms with Crippen LogP contribution >= 0.6 is 0 Å². The fourth-order valence-electron chi connectivity index (χ4n) is 4.20. The van der Waals surface area contributed by atoms with Gasteiger partial charge in [0.15, 0.2) is 0 Å². The molecule has 1 saturated heterocycles. The Kier molecular flexibility index (Phi) is 5.74. The highest BCUT2D eigenvalue weighted by molar-refractivity contribution is 5.92. The summed E-state index contributed by atoms with van der Waals surface area (Å²) < 4.78 is 0. The van der Waals surface area contributed by atoms with Gasteiger partial charge < -0.3 is 10.6 Å². The van der Waals surface area contributed by atoms with Crippen LogP contribution in [-0.4, -0.2) is 54.3 Å². The van der Waals surface area contributed by atoms with Crippen molar-refractivity contribution in [3.05, 3.63) is 35.4 Å². The Bertz CT molecular complexity index is 625. The summed E-state index contributed by atoms with van der Waals surface area (Å²) in [6, 6.07) is 8.11. The van der Waals surface area contributed by atoms with Gasteiger partial charge in [-0.05, 0) is 56.3 Å². The molecular formula is C20H29N3O2. The first-order valence-electron chi connectivity index (χ1n) is 9.39. The summed E-state index contributed by atoms with van der Waals surface area (Å²) in [5.41, 5.74) is 7.03. The van der Waals surface area contributed by atoms with Gasteiger partial charge in [0.05, 0.1) is 6.54 Å². The highest BCUT2D eigenvalue weighted by atomic mass is 16.2. The van der Waals surface area contributed by atoms with Gasteiger partial charge in [-0.15, -0.1) is 0 Å². The number of likely N-dealkylation sites (N-methyl/N-ethyl adjacent to an activating group) is 1. The van der Waals surface area contributed by atoms with E-state index in [2.05, 4.69) is 11.9 Å². The summed E-state index contributed by atoms with van der Waals surface area (Å²) in [5, 5.41) is 0. The summed E-state index contributed by atoms with van der Waals surface area (Å²) in [6.07, 6.45) is 6.95. The van der Waals surface area contributed by atoms with Crippen LogP contribution in [0.3, 0.4) is 0 Å². The normalized spacial score (nSPS) is 21.2. The van der Waals surface area contributed by atoms with Gasteiger partial charge in [0.2, 0.25) is 11.8 Å². The number of carbonyl (C=O) groups is 2. The van der Waals surface area contributed by atoms with Gasteiger partial charge in [0.1, 0.15) is 0 Å². The molecule has 2 N–H and O–H groups in total. The number of primary amides is 1. The number of benzene rings is 1. The Balaban J connectivity index is 1.50. The third kappa shape index (κ3) is 4.60. The molecule has 25 heavy (non-hydrogen) atoms. The molecule has 1 aromatic carbocycles. The number of hydrogen-bond acceptors (Lipinski definition) is 3. The minimum atomic E-state index is -0.389. The summed E-state index contributed by atoms with van der Waals surface area (Å²) in [7, 11) is 2.08. The number of rotatable bonds is 6. The number of nitrogens with zero attached hydrogens (tertiary/aromatic N) is 2. The van der Waals surface area contributed by atoms with Gasteiger partial charge in [-0.25, -0.2) is 0 Å². The lowest BCUT2D eigenvalue weighted by Crippen LogP contribution is -2.41. The fourth-order valence-corrected chi connectivity index (χ4v) is 4.20. The molecule has 1 saturated carbocycles. The van der Waals surface area contributed by atoms with Crippen molar-refractivity contribution in [3.8, 4) is 0 Å². The maximum absolute atomic E-state index is 12.6. The first-order chi connectivity index (χ1) is 12.0. The number of hydrogen-bond donors (Lipinski definition) is 1. The van der Waals surface area contributed by atoms with E-state index in [9.17, 15) is 9.59 Å².